The zero-order valence-corrected chi connectivity index (χ0v) is 11.6. The molecule has 0 radical (unpaired) electrons. The number of Topliss-reactive ketones (excluding diaryl/α,β-unsaturated/α-hetero) is 1. The number of carbonyl (C=O) groups is 1. The third-order valence-corrected chi connectivity index (χ3v) is 3.20. The van der Waals surface area contributed by atoms with Crippen LogP contribution in [-0.4, -0.2) is 10.8 Å². The van der Waals surface area contributed by atoms with E-state index in [0.29, 0.717) is 6.42 Å². The standard InChI is InChI=1S/C14H12INO/c1-10-2-7-13(16-9-10)8-14(17)11-3-5-12(15)6-4-11/h2-7,9H,8H2,1H3. The largest absolute Gasteiger partial charge is 0.294 e. The fourth-order valence-corrected chi connectivity index (χ4v) is 1.86. The molecule has 0 fully saturated rings. The topological polar surface area (TPSA) is 30.0 Å². The maximum Gasteiger partial charge on any atom is 0.168 e. The first-order valence-electron chi connectivity index (χ1n) is 5.35. The van der Waals surface area contributed by atoms with E-state index in [-0.39, 0.29) is 5.78 Å². The Morgan fingerprint density at radius 3 is 2.47 bits per heavy atom. The van der Waals surface area contributed by atoms with Gasteiger partial charge in [-0.2, -0.15) is 0 Å². The van der Waals surface area contributed by atoms with Crippen molar-refractivity contribution in [2.24, 2.45) is 0 Å². The molecule has 2 nitrogen and oxygen atoms in total. The number of rotatable bonds is 3. The van der Waals surface area contributed by atoms with Crippen molar-refractivity contribution in [3.05, 3.63) is 63.0 Å². The van der Waals surface area contributed by atoms with Gasteiger partial charge in [0.2, 0.25) is 0 Å². The summed E-state index contributed by atoms with van der Waals surface area (Å²) in [6.07, 6.45) is 2.15. The van der Waals surface area contributed by atoms with Gasteiger partial charge in [-0.15, -0.1) is 0 Å². The molecule has 0 aliphatic rings. The summed E-state index contributed by atoms with van der Waals surface area (Å²) < 4.78 is 1.13. The number of carbonyl (C=O) groups excluding carboxylic acids is 1. The van der Waals surface area contributed by atoms with Crippen molar-refractivity contribution < 1.29 is 4.79 Å². The molecule has 0 amide bonds. The van der Waals surface area contributed by atoms with E-state index >= 15 is 0 Å². The van der Waals surface area contributed by atoms with Crippen molar-refractivity contribution >= 4 is 28.4 Å². The van der Waals surface area contributed by atoms with Crippen LogP contribution in [-0.2, 0) is 6.42 Å². The van der Waals surface area contributed by atoms with Crippen molar-refractivity contribution in [1.29, 1.82) is 0 Å². The average Bonchev–Trinajstić information content (AvgIpc) is 2.33. The second-order valence-corrected chi connectivity index (χ2v) is 5.18. The maximum absolute atomic E-state index is 12.0. The van der Waals surface area contributed by atoms with Crippen molar-refractivity contribution in [2.45, 2.75) is 13.3 Å². The minimum absolute atomic E-state index is 0.109. The number of ketones is 1. The zero-order chi connectivity index (χ0) is 12.3. The zero-order valence-electron chi connectivity index (χ0n) is 9.48. The molecule has 1 aromatic carbocycles. The van der Waals surface area contributed by atoms with Crippen molar-refractivity contribution in [2.75, 3.05) is 0 Å². The monoisotopic (exact) mass is 337 g/mol. The van der Waals surface area contributed by atoms with E-state index in [1.54, 1.807) is 6.20 Å². The summed E-state index contributed by atoms with van der Waals surface area (Å²) >= 11 is 2.22. The van der Waals surface area contributed by atoms with Gasteiger partial charge in [0.05, 0.1) is 6.42 Å². The van der Waals surface area contributed by atoms with Crippen LogP contribution in [0.3, 0.4) is 0 Å². The number of pyridine rings is 1. The maximum atomic E-state index is 12.0. The van der Waals surface area contributed by atoms with Gasteiger partial charge in [0.15, 0.2) is 5.78 Å². The molecule has 0 bridgehead atoms. The highest BCUT2D eigenvalue weighted by molar-refractivity contribution is 14.1. The summed E-state index contributed by atoms with van der Waals surface area (Å²) in [4.78, 5) is 16.2. The van der Waals surface area contributed by atoms with Crippen molar-refractivity contribution in [1.82, 2.24) is 4.98 Å². The van der Waals surface area contributed by atoms with E-state index in [1.807, 2.05) is 43.3 Å². The highest BCUT2D eigenvalue weighted by atomic mass is 127. The number of hydrogen-bond acceptors (Lipinski definition) is 2. The smallest absolute Gasteiger partial charge is 0.168 e. The summed E-state index contributed by atoms with van der Waals surface area (Å²) in [6, 6.07) is 11.5. The number of aryl methyl sites for hydroxylation is 1. The summed E-state index contributed by atoms with van der Waals surface area (Å²) in [7, 11) is 0. The predicted molar refractivity (Wildman–Crippen MR) is 76.2 cm³/mol. The Balaban J connectivity index is 2.11. The number of nitrogens with zero attached hydrogens (tertiary/aromatic N) is 1. The minimum atomic E-state index is 0.109. The Kier molecular flexibility index (Phi) is 3.89. The van der Waals surface area contributed by atoms with E-state index in [0.717, 1.165) is 20.4 Å². The van der Waals surface area contributed by atoms with Crippen LogP contribution in [0.2, 0.25) is 0 Å². The molecule has 0 unspecified atom stereocenters. The fourth-order valence-electron chi connectivity index (χ4n) is 1.51. The molecule has 0 atom stereocenters. The molecule has 0 saturated heterocycles. The molecule has 0 aliphatic carbocycles. The second-order valence-electron chi connectivity index (χ2n) is 3.93. The van der Waals surface area contributed by atoms with Gasteiger partial charge >= 0.3 is 0 Å². The Labute approximate surface area is 114 Å². The minimum Gasteiger partial charge on any atom is -0.294 e. The summed E-state index contributed by atoms with van der Waals surface area (Å²) in [6.45, 7) is 1.98. The molecule has 1 heterocycles. The lowest BCUT2D eigenvalue weighted by atomic mass is 10.1. The van der Waals surface area contributed by atoms with Gasteiger partial charge in [-0.05, 0) is 53.3 Å². The summed E-state index contributed by atoms with van der Waals surface area (Å²) in [5, 5.41) is 0. The molecular formula is C14H12INO. The number of aromatic nitrogens is 1. The Morgan fingerprint density at radius 2 is 1.88 bits per heavy atom. The molecular weight excluding hydrogens is 325 g/mol. The molecule has 1 aromatic heterocycles. The van der Waals surface area contributed by atoms with Crippen molar-refractivity contribution in [3.63, 3.8) is 0 Å². The summed E-state index contributed by atoms with van der Waals surface area (Å²) in [5.74, 6) is 0.109. The lowest BCUT2D eigenvalue weighted by molar-refractivity contribution is 0.0992. The van der Waals surface area contributed by atoms with Gasteiger partial charge < -0.3 is 0 Å². The average molecular weight is 337 g/mol. The molecule has 86 valence electrons. The number of hydrogen-bond donors (Lipinski definition) is 0. The van der Waals surface area contributed by atoms with Crippen LogP contribution >= 0.6 is 22.6 Å². The van der Waals surface area contributed by atoms with Gasteiger partial charge in [-0.1, -0.05) is 18.2 Å². The normalized spacial score (nSPS) is 10.2. The number of halogens is 1. The van der Waals surface area contributed by atoms with Crippen LogP contribution < -0.4 is 0 Å². The summed E-state index contributed by atoms with van der Waals surface area (Å²) in [5.41, 5.74) is 2.67. The Hall–Kier alpha value is -1.23. The van der Waals surface area contributed by atoms with E-state index in [4.69, 9.17) is 0 Å². The van der Waals surface area contributed by atoms with Gasteiger partial charge in [0.1, 0.15) is 0 Å². The molecule has 2 rings (SSSR count). The van der Waals surface area contributed by atoms with E-state index in [2.05, 4.69) is 27.6 Å². The Morgan fingerprint density at radius 1 is 1.18 bits per heavy atom. The molecule has 0 saturated carbocycles. The van der Waals surface area contributed by atoms with E-state index in [9.17, 15) is 4.79 Å². The molecule has 0 N–H and O–H groups in total. The van der Waals surface area contributed by atoms with Crippen LogP contribution in [0.25, 0.3) is 0 Å². The van der Waals surface area contributed by atoms with Gasteiger partial charge in [-0.3, -0.25) is 9.78 Å². The quantitative estimate of drug-likeness (QED) is 0.635. The molecule has 2 aromatic rings. The van der Waals surface area contributed by atoms with Crippen LogP contribution in [0.5, 0.6) is 0 Å². The first-order chi connectivity index (χ1) is 8.15. The van der Waals surface area contributed by atoms with Crippen LogP contribution in [0.1, 0.15) is 21.6 Å². The van der Waals surface area contributed by atoms with E-state index in [1.165, 1.54) is 0 Å². The molecule has 17 heavy (non-hydrogen) atoms. The van der Waals surface area contributed by atoms with E-state index < -0.39 is 0 Å². The highest BCUT2D eigenvalue weighted by Gasteiger charge is 2.07. The van der Waals surface area contributed by atoms with Gasteiger partial charge in [-0.25, -0.2) is 0 Å². The predicted octanol–water partition coefficient (Wildman–Crippen LogP) is 3.42. The third kappa shape index (κ3) is 3.36. The van der Waals surface area contributed by atoms with Crippen LogP contribution in [0, 0.1) is 10.5 Å². The first kappa shape index (κ1) is 12.2. The molecule has 0 aliphatic heterocycles. The van der Waals surface area contributed by atoms with Crippen molar-refractivity contribution in [3.8, 4) is 0 Å². The highest BCUT2D eigenvalue weighted by Crippen LogP contribution is 2.10. The number of benzene rings is 1. The molecule has 0 spiro atoms. The Bertz CT molecular complexity index is 517. The van der Waals surface area contributed by atoms with Gasteiger partial charge in [0, 0.05) is 21.0 Å². The second kappa shape index (κ2) is 5.40. The van der Waals surface area contributed by atoms with Crippen LogP contribution in [0.4, 0.5) is 0 Å². The SMILES string of the molecule is Cc1ccc(CC(=O)c2ccc(I)cc2)nc1. The van der Waals surface area contributed by atoms with Crippen LogP contribution in [0.15, 0.2) is 42.6 Å². The lowest BCUT2D eigenvalue weighted by Crippen LogP contribution is -2.04. The first-order valence-corrected chi connectivity index (χ1v) is 6.43. The fraction of sp³-hybridized carbons (Fsp3) is 0.143. The third-order valence-electron chi connectivity index (χ3n) is 2.48. The molecule has 3 heteroatoms. The lowest BCUT2D eigenvalue weighted by Gasteiger charge is -2.01. The van der Waals surface area contributed by atoms with Gasteiger partial charge in [0.25, 0.3) is 0 Å².